The van der Waals surface area contributed by atoms with E-state index in [-0.39, 0.29) is 5.78 Å². The van der Waals surface area contributed by atoms with E-state index in [1.54, 1.807) is 25.1 Å². The number of benzene rings is 1. The Morgan fingerprint density at radius 2 is 2.21 bits per heavy atom. The van der Waals surface area contributed by atoms with Crippen LogP contribution in [0.4, 0.5) is 0 Å². The van der Waals surface area contributed by atoms with Crippen LogP contribution in [0.25, 0.3) is 0 Å². The van der Waals surface area contributed by atoms with Gasteiger partial charge >= 0.3 is 0 Å². The van der Waals surface area contributed by atoms with Crippen LogP contribution in [0.5, 0.6) is 5.75 Å². The van der Waals surface area contributed by atoms with Gasteiger partial charge in [-0.25, -0.2) is 0 Å². The second kappa shape index (κ2) is 4.44. The molecule has 0 aliphatic rings. The van der Waals surface area contributed by atoms with Gasteiger partial charge in [-0.3, -0.25) is 4.79 Å². The number of carbonyl (C=O) groups is 1. The fraction of sp³-hybridized carbons (Fsp3) is 0.300. The third-order valence-electron chi connectivity index (χ3n) is 1.84. The number of rotatable bonds is 3. The van der Waals surface area contributed by atoms with Crippen LogP contribution in [-0.2, 0) is 0 Å². The van der Waals surface area contributed by atoms with Crippen molar-refractivity contribution in [2.75, 3.05) is 7.11 Å². The number of ketones is 1. The quantitative estimate of drug-likeness (QED) is 0.780. The maximum absolute atomic E-state index is 11.6. The lowest BCUT2D eigenvalue weighted by atomic mass is 10.1. The Kier molecular flexibility index (Phi) is 3.49. The highest BCUT2D eigenvalue weighted by atomic mass is 35.5. The predicted molar refractivity (Wildman–Crippen MR) is 56.0 cm³/mol. The van der Waals surface area contributed by atoms with E-state index in [2.05, 4.69) is 0 Å². The van der Waals surface area contributed by atoms with Gasteiger partial charge in [0.2, 0.25) is 0 Å². The van der Waals surface area contributed by atoms with Gasteiger partial charge in [0.1, 0.15) is 5.75 Å². The standard InChI is InChI=1S/C10H12ClNO2/c1-6(12)10(13)8-4-3-7(11)5-9(8)14-2/h3-6H,12H2,1-2H3. The van der Waals surface area contributed by atoms with E-state index in [1.807, 2.05) is 0 Å². The summed E-state index contributed by atoms with van der Waals surface area (Å²) in [7, 11) is 1.49. The highest BCUT2D eigenvalue weighted by Gasteiger charge is 2.15. The molecule has 0 aliphatic heterocycles. The van der Waals surface area contributed by atoms with Gasteiger partial charge < -0.3 is 10.5 Å². The summed E-state index contributed by atoms with van der Waals surface area (Å²) in [4.78, 5) is 11.6. The van der Waals surface area contributed by atoms with E-state index in [4.69, 9.17) is 22.1 Å². The molecule has 14 heavy (non-hydrogen) atoms. The predicted octanol–water partition coefficient (Wildman–Crippen LogP) is 1.88. The Labute approximate surface area is 87.8 Å². The highest BCUT2D eigenvalue weighted by molar-refractivity contribution is 6.30. The average Bonchev–Trinajstić information content (AvgIpc) is 2.16. The number of halogens is 1. The van der Waals surface area contributed by atoms with E-state index in [1.165, 1.54) is 7.11 Å². The fourth-order valence-electron chi connectivity index (χ4n) is 1.11. The van der Waals surface area contributed by atoms with Crippen LogP contribution in [0, 0.1) is 0 Å². The topological polar surface area (TPSA) is 52.3 Å². The van der Waals surface area contributed by atoms with E-state index in [9.17, 15) is 4.79 Å². The van der Waals surface area contributed by atoms with Crippen LogP contribution in [0.15, 0.2) is 18.2 Å². The van der Waals surface area contributed by atoms with Crippen molar-refractivity contribution in [2.45, 2.75) is 13.0 Å². The summed E-state index contributed by atoms with van der Waals surface area (Å²) in [6.45, 7) is 1.64. The molecule has 0 aliphatic carbocycles. The second-order valence-electron chi connectivity index (χ2n) is 3.00. The molecule has 76 valence electrons. The van der Waals surface area contributed by atoms with Gasteiger partial charge in [0.25, 0.3) is 0 Å². The number of hydrogen-bond acceptors (Lipinski definition) is 3. The first-order chi connectivity index (χ1) is 6.56. The lowest BCUT2D eigenvalue weighted by Crippen LogP contribution is -2.26. The van der Waals surface area contributed by atoms with Crippen LogP contribution in [-0.4, -0.2) is 18.9 Å². The Hall–Kier alpha value is -1.06. The number of ether oxygens (including phenoxy) is 1. The maximum atomic E-state index is 11.6. The average molecular weight is 214 g/mol. The third-order valence-corrected chi connectivity index (χ3v) is 2.08. The Morgan fingerprint density at radius 1 is 1.57 bits per heavy atom. The van der Waals surface area contributed by atoms with Crippen LogP contribution < -0.4 is 10.5 Å². The molecule has 3 nitrogen and oxygen atoms in total. The number of hydrogen-bond donors (Lipinski definition) is 1. The lowest BCUT2D eigenvalue weighted by Gasteiger charge is -2.09. The molecule has 1 aromatic rings. The van der Waals surface area contributed by atoms with Gasteiger partial charge in [0.05, 0.1) is 18.7 Å². The summed E-state index contributed by atoms with van der Waals surface area (Å²) in [5.41, 5.74) is 5.96. The summed E-state index contributed by atoms with van der Waals surface area (Å²) in [5.74, 6) is 0.304. The SMILES string of the molecule is COc1cc(Cl)ccc1C(=O)C(C)N. The third kappa shape index (κ3) is 2.25. The van der Waals surface area contributed by atoms with E-state index in [0.29, 0.717) is 16.3 Å². The van der Waals surface area contributed by atoms with Gasteiger partial charge in [-0.15, -0.1) is 0 Å². The number of methoxy groups -OCH3 is 1. The maximum Gasteiger partial charge on any atom is 0.182 e. The molecule has 0 bridgehead atoms. The molecule has 0 spiro atoms. The van der Waals surface area contributed by atoms with Gasteiger partial charge in [-0.2, -0.15) is 0 Å². The van der Waals surface area contributed by atoms with Crippen LogP contribution >= 0.6 is 11.6 Å². The molecule has 0 saturated carbocycles. The minimum Gasteiger partial charge on any atom is -0.496 e. The van der Waals surface area contributed by atoms with Crippen molar-refractivity contribution in [3.05, 3.63) is 28.8 Å². The van der Waals surface area contributed by atoms with Gasteiger partial charge in [-0.05, 0) is 25.1 Å². The summed E-state index contributed by atoms with van der Waals surface area (Å²) >= 11 is 5.76. The molecular formula is C10H12ClNO2. The van der Waals surface area contributed by atoms with Crippen LogP contribution in [0.1, 0.15) is 17.3 Å². The minimum atomic E-state index is -0.537. The zero-order valence-corrected chi connectivity index (χ0v) is 8.84. The normalized spacial score (nSPS) is 12.3. The summed E-state index contributed by atoms with van der Waals surface area (Å²) in [6.07, 6.45) is 0. The van der Waals surface area contributed by atoms with E-state index >= 15 is 0 Å². The molecule has 1 rings (SSSR count). The van der Waals surface area contributed by atoms with Crippen molar-refractivity contribution in [3.63, 3.8) is 0 Å². The summed E-state index contributed by atoms with van der Waals surface area (Å²) < 4.78 is 5.04. The first-order valence-electron chi connectivity index (χ1n) is 4.19. The fourth-order valence-corrected chi connectivity index (χ4v) is 1.28. The van der Waals surface area contributed by atoms with Crippen molar-refractivity contribution >= 4 is 17.4 Å². The highest BCUT2D eigenvalue weighted by Crippen LogP contribution is 2.23. The molecule has 1 unspecified atom stereocenters. The Bertz CT molecular complexity index is 350. The van der Waals surface area contributed by atoms with Gasteiger partial charge in [0, 0.05) is 5.02 Å². The van der Waals surface area contributed by atoms with Crippen molar-refractivity contribution in [2.24, 2.45) is 5.73 Å². The molecule has 1 atom stereocenters. The summed E-state index contributed by atoms with van der Waals surface area (Å²) in [5, 5.41) is 0.531. The van der Waals surface area contributed by atoms with Gasteiger partial charge in [-0.1, -0.05) is 11.6 Å². The smallest absolute Gasteiger partial charge is 0.182 e. The van der Waals surface area contributed by atoms with Crippen LogP contribution in [0.2, 0.25) is 5.02 Å². The Morgan fingerprint density at radius 3 is 2.71 bits per heavy atom. The first kappa shape index (κ1) is 11.0. The lowest BCUT2D eigenvalue weighted by molar-refractivity contribution is 0.0965. The molecule has 0 saturated heterocycles. The van der Waals surface area contributed by atoms with Crippen molar-refractivity contribution in [3.8, 4) is 5.75 Å². The van der Waals surface area contributed by atoms with Crippen molar-refractivity contribution < 1.29 is 9.53 Å². The zero-order valence-electron chi connectivity index (χ0n) is 8.08. The Balaban J connectivity index is 3.14. The van der Waals surface area contributed by atoms with E-state index < -0.39 is 6.04 Å². The zero-order chi connectivity index (χ0) is 10.7. The van der Waals surface area contributed by atoms with Gasteiger partial charge in [0.15, 0.2) is 5.78 Å². The van der Waals surface area contributed by atoms with Crippen LogP contribution in [0.3, 0.4) is 0 Å². The van der Waals surface area contributed by atoms with Crippen molar-refractivity contribution in [1.82, 2.24) is 0 Å². The molecule has 2 N–H and O–H groups in total. The molecule has 1 aromatic carbocycles. The summed E-state index contributed by atoms with van der Waals surface area (Å²) in [6, 6.07) is 4.31. The van der Waals surface area contributed by atoms with E-state index in [0.717, 1.165) is 0 Å². The molecule has 4 heteroatoms. The van der Waals surface area contributed by atoms with Crippen molar-refractivity contribution in [1.29, 1.82) is 0 Å². The molecule has 0 fully saturated rings. The number of nitrogens with two attached hydrogens (primary N) is 1. The number of carbonyl (C=O) groups excluding carboxylic acids is 1. The molecule has 0 heterocycles. The molecule has 0 aromatic heterocycles. The molecule has 0 amide bonds. The largest absolute Gasteiger partial charge is 0.496 e. The first-order valence-corrected chi connectivity index (χ1v) is 4.57. The molecule has 0 radical (unpaired) electrons. The minimum absolute atomic E-state index is 0.154. The number of Topliss-reactive ketones (excluding diaryl/α,β-unsaturated/α-hetero) is 1. The monoisotopic (exact) mass is 213 g/mol. The molecular weight excluding hydrogens is 202 g/mol. The second-order valence-corrected chi connectivity index (χ2v) is 3.43.